The van der Waals surface area contributed by atoms with Crippen molar-refractivity contribution >= 4 is 11.8 Å². The van der Waals surface area contributed by atoms with Gasteiger partial charge in [0.15, 0.2) is 0 Å². The Morgan fingerprint density at radius 2 is 2.15 bits per heavy atom. The third-order valence-electron chi connectivity index (χ3n) is 5.80. The smallest absolute Gasteiger partial charge is 0.255 e. The fourth-order valence-corrected chi connectivity index (χ4v) is 4.20. The van der Waals surface area contributed by atoms with Crippen molar-refractivity contribution < 1.29 is 9.59 Å². The van der Waals surface area contributed by atoms with Crippen molar-refractivity contribution in [3.63, 3.8) is 0 Å². The van der Waals surface area contributed by atoms with Crippen LogP contribution in [0.5, 0.6) is 0 Å². The number of likely N-dealkylation sites (tertiary alicyclic amines) is 2. The molecule has 1 spiro atoms. The predicted octanol–water partition coefficient (Wildman–Crippen LogP) is 2.84. The molecule has 2 fully saturated rings. The SMILES string of the molecule is CC(C)CCN1CC2(CCCN(C(=O)c3ccc(C#N)nc3)C2)CCC1=O. The number of hydrogen-bond acceptors (Lipinski definition) is 4. The molecular formula is C21H28N4O2. The van der Waals surface area contributed by atoms with E-state index in [1.165, 1.54) is 6.20 Å². The van der Waals surface area contributed by atoms with E-state index in [2.05, 4.69) is 18.8 Å². The maximum atomic E-state index is 12.9. The highest BCUT2D eigenvalue weighted by Crippen LogP contribution is 2.39. The molecule has 27 heavy (non-hydrogen) atoms. The van der Waals surface area contributed by atoms with Gasteiger partial charge in [-0.25, -0.2) is 4.98 Å². The lowest BCUT2D eigenvalue weighted by Crippen LogP contribution is -2.55. The minimum absolute atomic E-state index is 0.0127. The van der Waals surface area contributed by atoms with Crippen molar-refractivity contribution in [3.05, 3.63) is 29.6 Å². The molecule has 3 rings (SSSR count). The first-order valence-corrected chi connectivity index (χ1v) is 9.86. The maximum absolute atomic E-state index is 12.9. The number of amides is 2. The van der Waals surface area contributed by atoms with Gasteiger partial charge in [0.25, 0.3) is 5.91 Å². The van der Waals surface area contributed by atoms with Crippen LogP contribution in [-0.2, 0) is 4.79 Å². The average Bonchev–Trinajstić information content (AvgIpc) is 2.68. The molecule has 1 atom stereocenters. The Hall–Kier alpha value is -2.42. The van der Waals surface area contributed by atoms with Gasteiger partial charge >= 0.3 is 0 Å². The number of aromatic nitrogens is 1. The van der Waals surface area contributed by atoms with Crippen LogP contribution in [0.25, 0.3) is 0 Å². The highest BCUT2D eigenvalue weighted by molar-refractivity contribution is 5.94. The Kier molecular flexibility index (Phi) is 5.79. The van der Waals surface area contributed by atoms with Crippen LogP contribution in [0.1, 0.15) is 62.0 Å². The lowest BCUT2D eigenvalue weighted by Gasteiger charge is -2.48. The topological polar surface area (TPSA) is 77.3 Å². The Balaban J connectivity index is 1.69. The molecule has 1 aromatic rings. The number of carbonyl (C=O) groups excluding carboxylic acids is 2. The van der Waals surface area contributed by atoms with Gasteiger partial charge in [-0.05, 0) is 43.7 Å². The second kappa shape index (κ2) is 8.08. The number of nitrogens with zero attached hydrogens (tertiary/aromatic N) is 4. The highest BCUT2D eigenvalue weighted by Gasteiger charge is 2.42. The first-order valence-electron chi connectivity index (χ1n) is 9.86. The van der Waals surface area contributed by atoms with Gasteiger partial charge in [0.1, 0.15) is 11.8 Å². The molecule has 3 heterocycles. The zero-order valence-electron chi connectivity index (χ0n) is 16.3. The summed E-state index contributed by atoms with van der Waals surface area (Å²) in [5.41, 5.74) is 0.849. The van der Waals surface area contributed by atoms with E-state index in [0.717, 1.165) is 45.3 Å². The van der Waals surface area contributed by atoms with Crippen LogP contribution < -0.4 is 0 Å². The molecule has 2 saturated heterocycles. The molecule has 0 aromatic carbocycles. The van der Waals surface area contributed by atoms with Crippen LogP contribution in [0.3, 0.4) is 0 Å². The summed E-state index contributed by atoms with van der Waals surface area (Å²) in [4.78, 5) is 33.2. The van der Waals surface area contributed by atoms with E-state index in [9.17, 15) is 9.59 Å². The fraction of sp³-hybridized carbons (Fsp3) is 0.619. The van der Waals surface area contributed by atoms with Gasteiger partial charge in [0.05, 0.1) is 5.56 Å². The minimum Gasteiger partial charge on any atom is -0.342 e. The largest absolute Gasteiger partial charge is 0.342 e. The van der Waals surface area contributed by atoms with Crippen LogP contribution in [0.15, 0.2) is 18.3 Å². The number of rotatable bonds is 4. The van der Waals surface area contributed by atoms with Gasteiger partial charge in [-0.2, -0.15) is 5.26 Å². The van der Waals surface area contributed by atoms with Crippen molar-refractivity contribution in [2.75, 3.05) is 26.2 Å². The second-order valence-corrected chi connectivity index (χ2v) is 8.37. The van der Waals surface area contributed by atoms with Crippen LogP contribution in [0.2, 0.25) is 0 Å². The number of carbonyl (C=O) groups is 2. The summed E-state index contributed by atoms with van der Waals surface area (Å²) in [6, 6.07) is 5.23. The Morgan fingerprint density at radius 1 is 1.33 bits per heavy atom. The standard InChI is InChI=1S/C21H28N4O2/c1-16(2)7-11-24-14-21(9-6-19(24)26)8-3-10-25(15-21)20(27)17-4-5-18(12-22)23-13-17/h4-5,13,16H,3,6-11,14-15H2,1-2H3. The molecule has 6 nitrogen and oxygen atoms in total. The molecular weight excluding hydrogens is 340 g/mol. The zero-order chi connectivity index (χ0) is 19.4. The first kappa shape index (κ1) is 19.3. The van der Waals surface area contributed by atoms with Gasteiger partial charge < -0.3 is 9.80 Å². The van der Waals surface area contributed by atoms with Crippen molar-refractivity contribution in [1.82, 2.24) is 14.8 Å². The summed E-state index contributed by atoms with van der Waals surface area (Å²) in [6.45, 7) is 7.35. The number of pyridine rings is 1. The van der Waals surface area contributed by atoms with Gasteiger partial charge in [-0.15, -0.1) is 0 Å². The molecule has 2 aliphatic heterocycles. The fourth-order valence-electron chi connectivity index (χ4n) is 4.20. The number of nitriles is 1. The van der Waals surface area contributed by atoms with Crippen LogP contribution in [0, 0.1) is 22.7 Å². The van der Waals surface area contributed by atoms with E-state index in [1.807, 2.05) is 15.9 Å². The summed E-state index contributed by atoms with van der Waals surface area (Å²) in [5.74, 6) is 0.793. The third-order valence-corrected chi connectivity index (χ3v) is 5.80. The van der Waals surface area contributed by atoms with E-state index < -0.39 is 0 Å². The molecule has 6 heteroatoms. The highest BCUT2D eigenvalue weighted by atomic mass is 16.2. The van der Waals surface area contributed by atoms with Crippen LogP contribution in [0.4, 0.5) is 0 Å². The molecule has 0 saturated carbocycles. The Labute approximate surface area is 161 Å². The third kappa shape index (κ3) is 4.47. The van der Waals surface area contributed by atoms with Crippen molar-refractivity contribution in [2.45, 2.75) is 46.0 Å². The lowest BCUT2D eigenvalue weighted by molar-refractivity contribution is -0.139. The van der Waals surface area contributed by atoms with Crippen LogP contribution >= 0.6 is 0 Å². The zero-order valence-corrected chi connectivity index (χ0v) is 16.3. The molecule has 0 bridgehead atoms. The van der Waals surface area contributed by atoms with E-state index in [-0.39, 0.29) is 17.2 Å². The normalized spacial score (nSPS) is 23.0. The van der Waals surface area contributed by atoms with Crippen molar-refractivity contribution in [3.8, 4) is 6.07 Å². The second-order valence-electron chi connectivity index (χ2n) is 8.37. The number of hydrogen-bond donors (Lipinski definition) is 0. The monoisotopic (exact) mass is 368 g/mol. The van der Waals surface area contributed by atoms with Crippen LogP contribution in [-0.4, -0.2) is 52.8 Å². The molecule has 0 aliphatic carbocycles. The maximum Gasteiger partial charge on any atom is 0.255 e. The average molecular weight is 368 g/mol. The van der Waals surface area contributed by atoms with Gasteiger partial charge in [0, 0.05) is 44.2 Å². The van der Waals surface area contributed by atoms with Crippen molar-refractivity contribution in [1.29, 1.82) is 5.26 Å². The van der Waals surface area contributed by atoms with E-state index in [1.54, 1.807) is 12.1 Å². The molecule has 2 amide bonds. The summed E-state index contributed by atoms with van der Waals surface area (Å²) in [5, 5.41) is 8.87. The quantitative estimate of drug-likeness (QED) is 0.819. The van der Waals surface area contributed by atoms with Gasteiger partial charge in [-0.3, -0.25) is 9.59 Å². The molecule has 1 unspecified atom stereocenters. The molecule has 2 aliphatic rings. The summed E-state index contributed by atoms with van der Waals surface area (Å²) in [6.07, 6.45) is 5.97. The van der Waals surface area contributed by atoms with Gasteiger partial charge in [-0.1, -0.05) is 13.8 Å². The Bertz CT molecular complexity index is 738. The molecule has 0 N–H and O–H groups in total. The van der Waals surface area contributed by atoms with E-state index in [0.29, 0.717) is 30.1 Å². The summed E-state index contributed by atoms with van der Waals surface area (Å²) in [7, 11) is 0. The molecule has 144 valence electrons. The summed E-state index contributed by atoms with van der Waals surface area (Å²) >= 11 is 0. The predicted molar refractivity (Wildman–Crippen MR) is 102 cm³/mol. The summed E-state index contributed by atoms with van der Waals surface area (Å²) < 4.78 is 0. The lowest BCUT2D eigenvalue weighted by atomic mass is 9.73. The van der Waals surface area contributed by atoms with Gasteiger partial charge in [0.2, 0.25) is 5.91 Å². The number of piperidine rings is 2. The first-order chi connectivity index (χ1) is 12.9. The minimum atomic E-state index is -0.0308. The molecule has 1 aromatic heterocycles. The Morgan fingerprint density at radius 3 is 2.81 bits per heavy atom. The van der Waals surface area contributed by atoms with E-state index in [4.69, 9.17) is 5.26 Å². The molecule has 0 radical (unpaired) electrons. The van der Waals surface area contributed by atoms with Crippen molar-refractivity contribution in [2.24, 2.45) is 11.3 Å². The van der Waals surface area contributed by atoms with E-state index >= 15 is 0 Å².